The van der Waals surface area contributed by atoms with Crippen LogP contribution in [0.2, 0.25) is 0 Å². The first-order chi connectivity index (χ1) is 11.0. The first kappa shape index (κ1) is 16.1. The molecule has 0 fully saturated rings. The van der Waals surface area contributed by atoms with Crippen LogP contribution in [-0.4, -0.2) is 31.0 Å². The Labute approximate surface area is 143 Å². The van der Waals surface area contributed by atoms with Gasteiger partial charge in [0.05, 0.1) is 11.9 Å². The van der Waals surface area contributed by atoms with Crippen LogP contribution in [0.5, 0.6) is 0 Å². The molecule has 0 aliphatic heterocycles. The summed E-state index contributed by atoms with van der Waals surface area (Å²) in [4.78, 5) is 4.38. The number of fused-ring (bicyclic) bond motifs is 1. The van der Waals surface area contributed by atoms with E-state index in [2.05, 4.69) is 51.0 Å². The van der Waals surface area contributed by atoms with Crippen molar-refractivity contribution in [1.82, 2.24) is 24.4 Å². The van der Waals surface area contributed by atoms with Crippen LogP contribution < -0.4 is 0 Å². The summed E-state index contributed by atoms with van der Waals surface area (Å²) >= 11 is 3.35. The molecular weight excluding hydrogens is 358 g/mol. The molecule has 1 atom stereocenters. The Morgan fingerprint density at radius 2 is 2.04 bits per heavy atom. The van der Waals surface area contributed by atoms with Crippen molar-refractivity contribution in [3.8, 4) is 11.1 Å². The molecular formula is C16H20BrN5O. The van der Waals surface area contributed by atoms with E-state index >= 15 is 0 Å². The average molecular weight is 378 g/mol. The van der Waals surface area contributed by atoms with Gasteiger partial charge in [-0.3, -0.25) is 0 Å². The summed E-state index contributed by atoms with van der Waals surface area (Å²) in [6.07, 6.45) is 3.80. The van der Waals surface area contributed by atoms with Crippen molar-refractivity contribution >= 4 is 21.6 Å². The second kappa shape index (κ2) is 6.41. The van der Waals surface area contributed by atoms with Crippen molar-refractivity contribution in [1.29, 1.82) is 0 Å². The van der Waals surface area contributed by atoms with Crippen LogP contribution in [0, 0.1) is 0 Å². The van der Waals surface area contributed by atoms with E-state index in [0.717, 1.165) is 22.5 Å². The highest BCUT2D eigenvalue weighted by molar-refractivity contribution is 9.10. The largest absolute Gasteiger partial charge is 0.357 e. The lowest BCUT2D eigenvalue weighted by molar-refractivity contribution is 0.0160. The normalized spacial score (nSPS) is 13.1. The summed E-state index contributed by atoms with van der Waals surface area (Å²) in [5, 5.41) is 8.90. The number of nitrogens with zero attached hydrogens (tertiary/aromatic N) is 5. The van der Waals surface area contributed by atoms with Gasteiger partial charge in [0, 0.05) is 23.9 Å². The van der Waals surface area contributed by atoms with E-state index in [4.69, 9.17) is 4.74 Å². The van der Waals surface area contributed by atoms with E-state index in [0.29, 0.717) is 17.3 Å². The van der Waals surface area contributed by atoms with Crippen LogP contribution in [0.4, 0.5) is 0 Å². The molecule has 7 heteroatoms. The van der Waals surface area contributed by atoms with Gasteiger partial charge in [-0.15, -0.1) is 5.10 Å². The third kappa shape index (κ3) is 3.03. The van der Waals surface area contributed by atoms with E-state index in [-0.39, 0.29) is 6.23 Å². The minimum absolute atomic E-state index is 0.0829. The maximum atomic E-state index is 5.60. The molecule has 3 rings (SSSR count). The van der Waals surface area contributed by atoms with Crippen molar-refractivity contribution in [2.75, 3.05) is 6.61 Å². The van der Waals surface area contributed by atoms with Crippen molar-refractivity contribution in [3.05, 3.63) is 35.0 Å². The van der Waals surface area contributed by atoms with Crippen molar-refractivity contribution < 1.29 is 4.74 Å². The zero-order chi connectivity index (χ0) is 16.6. The topological polar surface area (TPSA) is 57.2 Å². The van der Waals surface area contributed by atoms with Crippen LogP contribution in [0.15, 0.2) is 29.3 Å². The summed E-state index contributed by atoms with van der Waals surface area (Å²) in [5.74, 6) is 0.301. The van der Waals surface area contributed by atoms with Crippen LogP contribution in [0.3, 0.4) is 0 Å². The molecule has 6 nitrogen and oxygen atoms in total. The Morgan fingerprint density at radius 1 is 1.26 bits per heavy atom. The highest BCUT2D eigenvalue weighted by Gasteiger charge is 2.17. The van der Waals surface area contributed by atoms with E-state index in [9.17, 15) is 0 Å². The zero-order valence-corrected chi connectivity index (χ0v) is 15.3. The Morgan fingerprint density at radius 3 is 2.74 bits per heavy atom. The van der Waals surface area contributed by atoms with Gasteiger partial charge in [0.2, 0.25) is 4.73 Å². The number of pyridine rings is 1. The second-order valence-corrected chi connectivity index (χ2v) is 6.41. The summed E-state index contributed by atoms with van der Waals surface area (Å²) in [6, 6.07) is 4.06. The maximum Gasteiger partial charge on any atom is 0.218 e. The van der Waals surface area contributed by atoms with E-state index in [1.54, 1.807) is 0 Å². The molecule has 0 saturated carbocycles. The lowest BCUT2D eigenvalue weighted by Crippen LogP contribution is -2.09. The van der Waals surface area contributed by atoms with Gasteiger partial charge in [-0.1, -0.05) is 13.8 Å². The van der Waals surface area contributed by atoms with Gasteiger partial charge < -0.3 is 4.74 Å². The Bertz CT molecular complexity index is 823. The fourth-order valence-electron chi connectivity index (χ4n) is 2.73. The summed E-state index contributed by atoms with van der Waals surface area (Å²) in [7, 11) is 0. The lowest BCUT2D eigenvalue weighted by Gasteiger charge is -2.13. The standard InChI is InChI=1S/C16H20BrN5O/c1-5-23-11(4)21-9-12(8-18-21)13-6-7-14-19-16(17)20-22(14)15(13)10(2)3/h6-11H,5H2,1-4H3. The van der Waals surface area contributed by atoms with Crippen LogP contribution >= 0.6 is 15.9 Å². The van der Waals surface area contributed by atoms with Crippen molar-refractivity contribution in [2.24, 2.45) is 0 Å². The Hall–Kier alpha value is -1.73. The lowest BCUT2D eigenvalue weighted by atomic mass is 10.00. The van der Waals surface area contributed by atoms with Crippen molar-refractivity contribution in [3.63, 3.8) is 0 Å². The second-order valence-electron chi connectivity index (χ2n) is 5.70. The number of ether oxygens (including phenoxy) is 1. The third-order valence-corrected chi connectivity index (χ3v) is 4.09. The maximum absolute atomic E-state index is 5.60. The quantitative estimate of drug-likeness (QED) is 0.673. The molecule has 0 N–H and O–H groups in total. The molecule has 0 aliphatic carbocycles. The predicted octanol–water partition coefficient (Wildman–Crippen LogP) is 4.03. The molecule has 1 unspecified atom stereocenters. The van der Waals surface area contributed by atoms with Crippen molar-refractivity contribution in [2.45, 2.75) is 39.8 Å². The van der Waals surface area contributed by atoms with E-state index in [1.807, 2.05) is 41.5 Å². The molecule has 0 radical (unpaired) electrons. The SMILES string of the molecule is CCOC(C)n1cc(-c2ccc3nc(Br)nn3c2C(C)C)cn1. The molecule has 3 heterocycles. The number of halogens is 1. The van der Waals surface area contributed by atoms with E-state index in [1.165, 1.54) is 0 Å². The molecule has 0 aliphatic rings. The first-order valence-corrected chi connectivity index (χ1v) is 8.51. The van der Waals surface area contributed by atoms with Gasteiger partial charge in [0.25, 0.3) is 0 Å². The molecule has 0 amide bonds. The smallest absolute Gasteiger partial charge is 0.218 e. The van der Waals surface area contributed by atoms with Gasteiger partial charge >= 0.3 is 0 Å². The van der Waals surface area contributed by atoms with Gasteiger partial charge in [0.1, 0.15) is 6.23 Å². The highest BCUT2D eigenvalue weighted by Crippen LogP contribution is 2.30. The monoisotopic (exact) mass is 377 g/mol. The zero-order valence-electron chi connectivity index (χ0n) is 13.7. The van der Waals surface area contributed by atoms with Gasteiger partial charge in [-0.2, -0.15) is 5.10 Å². The summed E-state index contributed by atoms with van der Waals surface area (Å²) < 4.78 is 9.92. The molecule has 3 aromatic rings. The van der Waals surface area contributed by atoms with Crippen LogP contribution in [0.25, 0.3) is 16.8 Å². The third-order valence-electron chi connectivity index (χ3n) is 3.75. The Balaban J connectivity index is 2.10. The highest BCUT2D eigenvalue weighted by atomic mass is 79.9. The number of hydrogen-bond donors (Lipinski definition) is 0. The fraction of sp³-hybridized carbons (Fsp3) is 0.438. The van der Waals surface area contributed by atoms with E-state index < -0.39 is 0 Å². The van der Waals surface area contributed by atoms with Crippen LogP contribution in [-0.2, 0) is 4.74 Å². The fourth-order valence-corrected chi connectivity index (χ4v) is 3.07. The summed E-state index contributed by atoms with van der Waals surface area (Å²) in [6.45, 7) is 8.93. The van der Waals surface area contributed by atoms with Gasteiger partial charge in [-0.05, 0) is 47.8 Å². The molecule has 23 heavy (non-hydrogen) atoms. The average Bonchev–Trinajstić information content (AvgIpc) is 3.11. The first-order valence-electron chi connectivity index (χ1n) is 7.72. The van der Waals surface area contributed by atoms with Gasteiger partial charge in [-0.25, -0.2) is 14.2 Å². The number of aromatic nitrogens is 5. The molecule has 0 aromatic carbocycles. The Kier molecular flexibility index (Phi) is 4.50. The minimum atomic E-state index is -0.0829. The predicted molar refractivity (Wildman–Crippen MR) is 92.3 cm³/mol. The number of rotatable bonds is 5. The molecule has 3 aromatic heterocycles. The number of hydrogen-bond acceptors (Lipinski definition) is 4. The van der Waals surface area contributed by atoms with Gasteiger partial charge in [0.15, 0.2) is 5.65 Å². The molecule has 0 spiro atoms. The summed E-state index contributed by atoms with van der Waals surface area (Å²) in [5.41, 5.74) is 4.11. The molecule has 0 saturated heterocycles. The molecule has 0 bridgehead atoms. The molecule has 122 valence electrons. The van der Waals surface area contributed by atoms with Crippen LogP contribution in [0.1, 0.15) is 45.5 Å². The minimum Gasteiger partial charge on any atom is -0.357 e.